The monoisotopic (exact) mass is 130 g/mol. The van der Waals surface area contributed by atoms with Crippen LogP contribution in [0.5, 0.6) is 0 Å². The lowest BCUT2D eigenvalue weighted by Crippen LogP contribution is -2.35. The number of nitrogens with two attached hydrogens (primary N) is 1. The molecule has 1 saturated heterocycles. The highest BCUT2D eigenvalue weighted by molar-refractivity contribution is 4.79. The molecule has 9 heavy (non-hydrogen) atoms. The first-order valence-electron chi connectivity index (χ1n) is 3.43. The summed E-state index contributed by atoms with van der Waals surface area (Å²) in [7, 11) is 0. The molecule has 0 aromatic rings. The molecule has 1 heterocycles. The molecule has 1 aliphatic heterocycles. The SMILES string of the molecule is CC[C@@H]1C[C@@H](O)CN1N. The minimum Gasteiger partial charge on any atom is -0.392 e. The normalized spacial score (nSPS) is 37.7. The Morgan fingerprint density at radius 3 is 2.67 bits per heavy atom. The van der Waals surface area contributed by atoms with Crippen LogP contribution in [0.15, 0.2) is 0 Å². The van der Waals surface area contributed by atoms with E-state index in [1.165, 1.54) is 0 Å². The Labute approximate surface area is 55.4 Å². The summed E-state index contributed by atoms with van der Waals surface area (Å²) >= 11 is 0. The third kappa shape index (κ3) is 1.41. The Kier molecular flexibility index (Phi) is 2.05. The van der Waals surface area contributed by atoms with Crippen molar-refractivity contribution in [2.24, 2.45) is 5.84 Å². The van der Waals surface area contributed by atoms with Gasteiger partial charge in [-0.25, -0.2) is 5.01 Å². The largest absolute Gasteiger partial charge is 0.392 e. The fourth-order valence-corrected chi connectivity index (χ4v) is 1.32. The van der Waals surface area contributed by atoms with Gasteiger partial charge in [-0.2, -0.15) is 0 Å². The molecule has 0 aliphatic carbocycles. The van der Waals surface area contributed by atoms with E-state index in [0.29, 0.717) is 12.6 Å². The molecule has 0 saturated carbocycles. The van der Waals surface area contributed by atoms with E-state index in [4.69, 9.17) is 10.9 Å². The first-order valence-corrected chi connectivity index (χ1v) is 3.43. The number of hydrogen-bond donors (Lipinski definition) is 2. The summed E-state index contributed by atoms with van der Waals surface area (Å²) in [5.41, 5.74) is 0. The van der Waals surface area contributed by atoms with Gasteiger partial charge in [-0.1, -0.05) is 6.92 Å². The van der Waals surface area contributed by atoms with Crippen LogP contribution in [0.25, 0.3) is 0 Å². The molecule has 1 rings (SSSR count). The van der Waals surface area contributed by atoms with E-state index < -0.39 is 0 Å². The fraction of sp³-hybridized carbons (Fsp3) is 1.00. The van der Waals surface area contributed by atoms with Crippen LogP contribution in [0.4, 0.5) is 0 Å². The van der Waals surface area contributed by atoms with E-state index in [9.17, 15) is 0 Å². The second-order valence-corrected chi connectivity index (χ2v) is 2.65. The van der Waals surface area contributed by atoms with Crippen LogP contribution in [-0.4, -0.2) is 28.8 Å². The third-order valence-corrected chi connectivity index (χ3v) is 1.91. The number of hydrazine groups is 1. The van der Waals surface area contributed by atoms with Gasteiger partial charge in [0.25, 0.3) is 0 Å². The maximum absolute atomic E-state index is 9.08. The second-order valence-electron chi connectivity index (χ2n) is 2.65. The van der Waals surface area contributed by atoms with Crippen molar-refractivity contribution < 1.29 is 5.11 Å². The van der Waals surface area contributed by atoms with Crippen molar-refractivity contribution in [1.82, 2.24) is 5.01 Å². The molecule has 0 radical (unpaired) electrons. The number of rotatable bonds is 1. The van der Waals surface area contributed by atoms with Gasteiger partial charge < -0.3 is 5.11 Å². The summed E-state index contributed by atoms with van der Waals surface area (Å²) < 4.78 is 0. The van der Waals surface area contributed by atoms with Crippen LogP contribution in [0.1, 0.15) is 19.8 Å². The molecule has 0 aromatic carbocycles. The second kappa shape index (κ2) is 2.64. The summed E-state index contributed by atoms with van der Waals surface area (Å²) in [5.74, 6) is 5.55. The fourth-order valence-electron chi connectivity index (χ4n) is 1.32. The summed E-state index contributed by atoms with van der Waals surface area (Å²) in [5, 5.41) is 10.8. The summed E-state index contributed by atoms with van der Waals surface area (Å²) in [6.07, 6.45) is 1.68. The standard InChI is InChI=1S/C6H14N2O/c1-2-5-3-6(9)4-8(5)7/h5-6,9H,2-4,7H2,1H3/t5-,6-/m1/s1. The van der Waals surface area contributed by atoms with Crippen molar-refractivity contribution in [3.8, 4) is 0 Å². The van der Waals surface area contributed by atoms with Gasteiger partial charge in [0.15, 0.2) is 0 Å². The number of aliphatic hydroxyl groups excluding tert-OH is 1. The Morgan fingerprint density at radius 1 is 1.78 bits per heavy atom. The van der Waals surface area contributed by atoms with Gasteiger partial charge in [-0.3, -0.25) is 5.84 Å². The van der Waals surface area contributed by atoms with Crippen molar-refractivity contribution in [2.75, 3.05) is 6.54 Å². The minimum absolute atomic E-state index is 0.194. The molecule has 0 aromatic heterocycles. The maximum Gasteiger partial charge on any atom is 0.0696 e. The number of aliphatic hydroxyl groups is 1. The molecule has 54 valence electrons. The van der Waals surface area contributed by atoms with Crippen molar-refractivity contribution in [3.05, 3.63) is 0 Å². The van der Waals surface area contributed by atoms with Gasteiger partial charge in [-0.15, -0.1) is 0 Å². The van der Waals surface area contributed by atoms with E-state index >= 15 is 0 Å². The molecule has 3 heteroatoms. The highest BCUT2D eigenvalue weighted by atomic mass is 16.3. The third-order valence-electron chi connectivity index (χ3n) is 1.91. The highest BCUT2D eigenvalue weighted by Gasteiger charge is 2.26. The molecule has 0 amide bonds. The number of β-amino-alcohol motifs (C(OH)–C–C–N with tert-alkyl or cyclic N) is 1. The Hall–Kier alpha value is -0.120. The van der Waals surface area contributed by atoms with Gasteiger partial charge >= 0.3 is 0 Å². The van der Waals surface area contributed by atoms with E-state index in [1.54, 1.807) is 5.01 Å². The van der Waals surface area contributed by atoms with Crippen LogP contribution in [0.3, 0.4) is 0 Å². The van der Waals surface area contributed by atoms with Gasteiger partial charge in [0.1, 0.15) is 0 Å². The Balaban J connectivity index is 2.38. The molecule has 0 bridgehead atoms. The molecule has 1 fully saturated rings. The van der Waals surface area contributed by atoms with Gasteiger partial charge in [-0.05, 0) is 12.8 Å². The van der Waals surface area contributed by atoms with Crippen molar-refractivity contribution in [1.29, 1.82) is 0 Å². The molecule has 2 atom stereocenters. The summed E-state index contributed by atoms with van der Waals surface area (Å²) in [6, 6.07) is 0.403. The molecule has 1 aliphatic rings. The van der Waals surface area contributed by atoms with Gasteiger partial charge in [0.05, 0.1) is 6.10 Å². The van der Waals surface area contributed by atoms with E-state index in [-0.39, 0.29) is 6.10 Å². The molecule has 3 N–H and O–H groups in total. The summed E-state index contributed by atoms with van der Waals surface area (Å²) in [6.45, 7) is 2.72. The lowest BCUT2D eigenvalue weighted by molar-refractivity contribution is 0.176. The Bertz CT molecular complexity index is 97.1. The van der Waals surface area contributed by atoms with Crippen LogP contribution in [-0.2, 0) is 0 Å². The van der Waals surface area contributed by atoms with E-state index in [2.05, 4.69) is 6.92 Å². The average molecular weight is 130 g/mol. The highest BCUT2D eigenvalue weighted by Crippen LogP contribution is 2.15. The Morgan fingerprint density at radius 2 is 2.44 bits per heavy atom. The van der Waals surface area contributed by atoms with Crippen LogP contribution < -0.4 is 5.84 Å². The topological polar surface area (TPSA) is 49.5 Å². The smallest absolute Gasteiger partial charge is 0.0696 e. The first kappa shape index (κ1) is 6.99. The van der Waals surface area contributed by atoms with E-state index in [0.717, 1.165) is 12.8 Å². The maximum atomic E-state index is 9.08. The van der Waals surface area contributed by atoms with Gasteiger partial charge in [0.2, 0.25) is 0 Å². The molecule has 3 nitrogen and oxygen atoms in total. The predicted molar refractivity (Wildman–Crippen MR) is 35.6 cm³/mol. The minimum atomic E-state index is -0.194. The first-order chi connectivity index (χ1) is 4.24. The zero-order valence-corrected chi connectivity index (χ0v) is 5.75. The van der Waals surface area contributed by atoms with Crippen LogP contribution in [0.2, 0.25) is 0 Å². The van der Waals surface area contributed by atoms with E-state index in [1.807, 2.05) is 0 Å². The average Bonchev–Trinajstić information content (AvgIpc) is 2.10. The zero-order valence-electron chi connectivity index (χ0n) is 5.75. The van der Waals surface area contributed by atoms with Crippen LogP contribution in [0, 0.1) is 0 Å². The quantitative estimate of drug-likeness (QED) is 0.479. The summed E-state index contributed by atoms with van der Waals surface area (Å²) in [4.78, 5) is 0. The molecular weight excluding hydrogens is 116 g/mol. The molecular formula is C6H14N2O. The molecule has 0 spiro atoms. The van der Waals surface area contributed by atoms with Crippen molar-refractivity contribution >= 4 is 0 Å². The van der Waals surface area contributed by atoms with Crippen molar-refractivity contribution in [3.63, 3.8) is 0 Å². The number of hydrogen-bond acceptors (Lipinski definition) is 3. The van der Waals surface area contributed by atoms with Crippen LogP contribution >= 0.6 is 0 Å². The zero-order chi connectivity index (χ0) is 6.85. The van der Waals surface area contributed by atoms with Crippen molar-refractivity contribution in [2.45, 2.75) is 31.9 Å². The lowest BCUT2D eigenvalue weighted by atomic mass is 10.1. The molecule has 0 unspecified atom stereocenters. The number of nitrogens with zero attached hydrogens (tertiary/aromatic N) is 1. The lowest BCUT2D eigenvalue weighted by Gasteiger charge is -2.15. The van der Waals surface area contributed by atoms with Gasteiger partial charge in [0, 0.05) is 12.6 Å². The predicted octanol–water partition coefficient (Wildman–Crippen LogP) is -0.295.